The number of benzene rings is 1. The van der Waals surface area contributed by atoms with Crippen LogP contribution in [0.4, 0.5) is 18.9 Å². The van der Waals surface area contributed by atoms with Gasteiger partial charge in [-0.3, -0.25) is 9.69 Å². The standard InChI is InChI=1S/C15H21F3N2O/c1-3-9-20(10-4-2)11-14(21)19-13-8-6-5-7-12(13)15(16,17)18/h5-8H,3-4,9-11H2,1-2H3,(H,19,21). The minimum Gasteiger partial charge on any atom is -0.324 e. The van der Waals surface area contributed by atoms with Crippen LogP contribution in [-0.4, -0.2) is 30.4 Å². The Morgan fingerprint density at radius 3 is 2.24 bits per heavy atom. The van der Waals surface area contributed by atoms with Gasteiger partial charge >= 0.3 is 6.18 Å². The van der Waals surface area contributed by atoms with Crippen LogP contribution in [0.5, 0.6) is 0 Å². The zero-order valence-corrected chi connectivity index (χ0v) is 12.3. The Morgan fingerprint density at radius 1 is 1.14 bits per heavy atom. The molecule has 0 bridgehead atoms. The van der Waals surface area contributed by atoms with E-state index in [4.69, 9.17) is 0 Å². The van der Waals surface area contributed by atoms with Crippen LogP contribution >= 0.6 is 0 Å². The lowest BCUT2D eigenvalue weighted by Gasteiger charge is -2.21. The Labute approximate surface area is 123 Å². The summed E-state index contributed by atoms with van der Waals surface area (Å²) in [6.07, 6.45) is -2.69. The molecule has 0 aliphatic carbocycles. The second-order valence-corrected chi connectivity index (χ2v) is 4.87. The Kier molecular flexibility index (Phi) is 6.68. The van der Waals surface area contributed by atoms with Crippen LogP contribution in [0.1, 0.15) is 32.3 Å². The fourth-order valence-electron chi connectivity index (χ4n) is 2.13. The van der Waals surface area contributed by atoms with E-state index in [1.54, 1.807) is 0 Å². The fourth-order valence-corrected chi connectivity index (χ4v) is 2.13. The van der Waals surface area contributed by atoms with Gasteiger partial charge < -0.3 is 5.32 Å². The first-order valence-corrected chi connectivity index (χ1v) is 7.06. The number of nitrogens with one attached hydrogen (secondary N) is 1. The maximum atomic E-state index is 12.8. The Morgan fingerprint density at radius 2 is 1.71 bits per heavy atom. The van der Waals surface area contributed by atoms with Gasteiger partial charge in [-0.25, -0.2) is 0 Å². The van der Waals surface area contributed by atoms with Crippen LogP contribution in [0.3, 0.4) is 0 Å². The molecule has 1 aromatic rings. The summed E-state index contributed by atoms with van der Waals surface area (Å²) in [4.78, 5) is 13.9. The van der Waals surface area contributed by atoms with E-state index in [9.17, 15) is 18.0 Å². The van der Waals surface area contributed by atoms with E-state index in [0.717, 1.165) is 32.0 Å². The number of carbonyl (C=O) groups is 1. The summed E-state index contributed by atoms with van der Waals surface area (Å²) < 4.78 is 38.5. The molecular weight excluding hydrogens is 281 g/mol. The van der Waals surface area contributed by atoms with Gasteiger partial charge in [0.25, 0.3) is 0 Å². The minimum absolute atomic E-state index is 0.105. The number of rotatable bonds is 7. The Bertz CT molecular complexity index is 454. The predicted octanol–water partition coefficient (Wildman–Crippen LogP) is 3.77. The second kappa shape index (κ2) is 8.02. The molecule has 0 aliphatic rings. The van der Waals surface area contributed by atoms with Crippen molar-refractivity contribution in [3.8, 4) is 0 Å². The van der Waals surface area contributed by atoms with Crippen molar-refractivity contribution in [3.05, 3.63) is 29.8 Å². The normalized spacial score (nSPS) is 11.7. The van der Waals surface area contributed by atoms with E-state index in [-0.39, 0.29) is 12.2 Å². The largest absolute Gasteiger partial charge is 0.418 e. The molecule has 0 fully saturated rings. The van der Waals surface area contributed by atoms with E-state index in [0.29, 0.717) is 0 Å². The molecule has 6 heteroatoms. The van der Waals surface area contributed by atoms with Crippen molar-refractivity contribution < 1.29 is 18.0 Å². The van der Waals surface area contributed by atoms with Crippen LogP contribution in [0.15, 0.2) is 24.3 Å². The second-order valence-electron chi connectivity index (χ2n) is 4.87. The van der Waals surface area contributed by atoms with Crippen molar-refractivity contribution in [2.24, 2.45) is 0 Å². The first-order valence-electron chi connectivity index (χ1n) is 7.06. The smallest absolute Gasteiger partial charge is 0.324 e. The summed E-state index contributed by atoms with van der Waals surface area (Å²) in [7, 11) is 0. The minimum atomic E-state index is -4.48. The molecule has 0 aromatic heterocycles. The van der Waals surface area contributed by atoms with Gasteiger partial charge in [0.2, 0.25) is 5.91 Å². The van der Waals surface area contributed by atoms with Gasteiger partial charge in [-0.05, 0) is 38.1 Å². The van der Waals surface area contributed by atoms with Crippen LogP contribution in [0, 0.1) is 0 Å². The fraction of sp³-hybridized carbons (Fsp3) is 0.533. The van der Waals surface area contributed by atoms with E-state index in [1.807, 2.05) is 18.7 Å². The average molecular weight is 302 g/mol. The SMILES string of the molecule is CCCN(CCC)CC(=O)Nc1ccccc1C(F)(F)F. The van der Waals surface area contributed by atoms with Gasteiger partial charge in [-0.15, -0.1) is 0 Å². The lowest BCUT2D eigenvalue weighted by atomic mass is 10.1. The molecule has 0 unspecified atom stereocenters. The third kappa shape index (κ3) is 5.75. The molecule has 0 radical (unpaired) electrons. The quantitative estimate of drug-likeness (QED) is 0.831. The van der Waals surface area contributed by atoms with Crippen LogP contribution < -0.4 is 5.32 Å². The number of amides is 1. The number of halogens is 3. The highest BCUT2D eigenvalue weighted by molar-refractivity contribution is 5.93. The molecule has 0 heterocycles. The zero-order chi connectivity index (χ0) is 15.9. The molecule has 0 saturated carbocycles. The van der Waals surface area contributed by atoms with Crippen molar-refractivity contribution in [3.63, 3.8) is 0 Å². The third-order valence-electron chi connectivity index (χ3n) is 2.95. The van der Waals surface area contributed by atoms with E-state index in [2.05, 4.69) is 5.32 Å². The highest BCUT2D eigenvalue weighted by atomic mass is 19.4. The zero-order valence-electron chi connectivity index (χ0n) is 12.3. The van der Waals surface area contributed by atoms with Crippen molar-refractivity contribution in [1.82, 2.24) is 4.90 Å². The summed E-state index contributed by atoms with van der Waals surface area (Å²) in [5.74, 6) is -0.423. The Hall–Kier alpha value is -1.56. The predicted molar refractivity (Wildman–Crippen MR) is 77.1 cm³/mol. The molecule has 118 valence electrons. The van der Waals surface area contributed by atoms with Crippen LogP contribution in [0.2, 0.25) is 0 Å². The first-order chi connectivity index (χ1) is 9.88. The van der Waals surface area contributed by atoms with Gasteiger partial charge in [0.05, 0.1) is 17.8 Å². The third-order valence-corrected chi connectivity index (χ3v) is 2.95. The lowest BCUT2D eigenvalue weighted by molar-refractivity contribution is -0.137. The molecule has 1 aromatic carbocycles. The summed E-state index contributed by atoms with van der Waals surface area (Å²) >= 11 is 0. The van der Waals surface area contributed by atoms with Gasteiger partial charge in [0.1, 0.15) is 0 Å². The number of hydrogen-bond acceptors (Lipinski definition) is 2. The molecule has 1 amide bonds. The molecule has 0 aliphatic heterocycles. The highest BCUT2D eigenvalue weighted by Gasteiger charge is 2.33. The molecule has 0 spiro atoms. The van der Waals surface area contributed by atoms with Crippen molar-refractivity contribution in [1.29, 1.82) is 0 Å². The molecule has 21 heavy (non-hydrogen) atoms. The Balaban J connectivity index is 2.75. The number of para-hydroxylation sites is 1. The van der Waals surface area contributed by atoms with E-state index in [1.165, 1.54) is 18.2 Å². The molecular formula is C15H21F3N2O. The maximum absolute atomic E-state index is 12.8. The summed E-state index contributed by atoms with van der Waals surface area (Å²) in [6.45, 7) is 5.61. The van der Waals surface area contributed by atoms with Gasteiger partial charge in [-0.2, -0.15) is 13.2 Å². The van der Waals surface area contributed by atoms with E-state index >= 15 is 0 Å². The van der Waals surface area contributed by atoms with Crippen molar-refractivity contribution in [2.75, 3.05) is 25.0 Å². The van der Waals surface area contributed by atoms with Crippen LogP contribution in [-0.2, 0) is 11.0 Å². The van der Waals surface area contributed by atoms with Gasteiger partial charge in [0.15, 0.2) is 0 Å². The topological polar surface area (TPSA) is 32.3 Å². The molecule has 1 rings (SSSR count). The van der Waals surface area contributed by atoms with Gasteiger partial charge in [-0.1, -0.05) is 26.0 Å². The van der Waals surface area contributed by atoms with Crippen LogP contribution in [0.25, 0.3) is 0 Å². The highest BCUT2D eigenvalue weighted by Crippen LogP contribution is 2.34. The van der Waals surface area contributed by atoms with Gasteiger partial charge in [0, 0.05) is 0 Å². The molecule has 1 N–H and O–H groups in total. The van der Waals surface area contributed by atoms with Crippen molar-refractivity contribution in [2.45, 2.75) is 32.9 Å². The summed E-state index contributed by atoms with van der Waals surface area (Å²) in [5.41, 5.74) is -1.01. The van der Waals surface area contributed by atoms with Crippen molar-refractivity contribution >= 4 is 11.6 Å². The maximum Gasteiger partial charge on any atom is 0.418 e. The lowest BCUT2D eigenvalue weighted by Crippen LogP contribution is -2.34. The number of anilines is 1. The number of hydrogen-bond donors (Lipinski definition) is 1. The summed E-state index contributed by atoms with van der Waals surface area (Å²) in [5, 5.41) is 2.36. The number of alkyl halides is 3. The summed E-state index contributed by atoms with van der Waals surface area (Å²) in [6, 6.07) is 5.01. The number of carbonyl (C=O) groups excluding carboxylic acids is 1. The number of nitrogens with zero attached hydrogens (tertiary/aromatic N) is 1. The first kappa shape index (κ1) is 17.5. The van der Waals surface area contributed by atoms with E-state index < -0.39 is 17.6 Å². The molecule has 0 saturated heterocycles. The molecule has 3 nitrogen and oxygen atoms in total. The average Bonchev–Trinajstić information content (AvgIpc) is 2.38. The molecule has 0 atom stereocenters. The monoisotopic (exact) mass is 302 g/mol.